The van der Waals surface area contributed by atoms with Crippen LogP contribution in [0.2, 0.25) is 0 Å². The number of nitrogens with one attached hydrogen (secondary N) is 2. The first-order valence-electron chi connectivity index (χ1n) is 6.46. The number of carbonyl (C=O) groups excluding carboxylic acids is 1. The van der Waals surface area contributed by atoms with Gasteiger partial charge in [0, 0.05) is 25.0 Å². The Morgan fingerprint density at radius 1 is 1.50 bits per heavy atom. The normalized spacial score (nSPS) is 31.7. The Labute approximate surface area is 97.8 Å². The maximum Gasteiger partial charge on any atom is 0.221 e. The number of amides is 1. The quantitative estimate of drug-likeness (QED) is 0.725. The molecule has 4 heteroatoms. The first-order chi connectivity index (χ1) is 7.75. The highest BCUT2D eigenvalue weighted by atomic mass is 16.1. The van der Waals surface area contributed by atoms with Crippen LogP contribution in [-0.2, 0) is 4.79 Å². The summed E-state index contributed by atoms with van der Waals surface area (Å²) in [6.07, 6.45) is 5.92. The van der Waals surface area contributed by atoms with Crippen LogP contribution in [0.4, 0.5) is 0 Å². The van der Waals surface area contributed by atoms with Crippen molar-refractivity contribution in [3.05, 3.63) is 0 Å². The molecule has 2 saturated heterocycles. The van der Waals surface area contributed by atoms with Crippen LogP contribution in [0.3, 0.4) is 0 Å². The van der Waals surface area contributed by atoms with E-state index in [1.54, 1.807) is 0 Å². The minimum Gasteiger partial charge on any atom is -0.354 e. The number of piperidine rings is 1. The maximum absolute atomic E-state index is 11.0. The van der Waals surface area contributed by atoms with E-state index < -0.39 is 0 Å². The van der Waals surface area contributed by atoms with Gasteiger partial charge in [0.2, 0.25) is 5.91 Å². The highest BCUT2D eigenvalue weighted by Crippen LogP contribution is 2.17. The topological polar surface area (TPSA) is 44.4 Å². The lowest BCUT2D eigenvalue weighted by molar-refractivity contribution is -0.119. The summed E-state index contributed by atoms with van der Waals surface area (Å²) in [5, 5.41) is 6.32. The molecule has 2 aliphatic heterocycles. The van der Waals surface area contributed by atoms with Crippen molar-refractivity contribution >= 4 is 5.91 Å². The Balaban J connectivity index is 1.61. The number of likely N-dealkylation sites (tertiary alicyclic amines) is 1. The van der Waals surface area contributed by atoms with Gasteiger partial charge in [0.05, 0.1) is 0 Å². The standard InChI is InChI=1S/C12H23N3O/c1-15-7-3-2-4-11(15)5-6-13-10-8-12(16)14-9-10/h10-11,13H,2-9H2,1H3,(H,14,16). The van der Waals surface area contributed by atoms with E-state index in [0.29, 0.717) is 12.5 Å². The fourth-order valence-electron chi connectivity index (χ4n) is 2.71. The monoisotopic (exact) mass is 225 g/mol. The van der Waals surface area contributed by atoms with E-state index in [4.69, 9.17) is 0 Å². The van der Waals surface area contributed by atoms with E-state index in [2.05, 4.69) is 22.6 Å². The molecule has 2 N–H and O–H groups in total. The molecule has 92 valence electrons. The summed E-state index contributed by atoms with van der Waals surface area (Å²) in [5.74, 6) is 0.187. The largest absolute Gasteiger partial charge is 0.354 e. The van der Waals surface area contributed by atoms with E-state index in [1.807, 2.05) is 0 Å². The third-order valence-corrected chi connectivity index (χ3v) is 3.81. The summed E-state index contributed by atoms with van der Waals surface area (Å²) in [6, 6.07) is 1.10. The molecule has 0 aliphatic carbocycles. The SMILES string of the molecule is CN1CCCCC1CCNC1CNC(=O)C1. The molecule has 0 aromatic rings. The molecular formula is C12H23N3O. The van der Waals surface area contributed by atoms with E-state index in [9.17, 15) is 4.79 Å². The molecule has 2 aliphatic rings. The van der Waals surface area contributed by atoms with Crippen LogP contribution in [0.15, 0.2) is 0 Å². The molecule has 0 spiro atoms. The molecule has 0 aromatic heterocycles. The predicted molar refractivity (Wildman–Crippen MR) is 64.3 cm³/mol. The van der Waals surface area contributed by atoms with Crippen LogP contribution in [0.1, 0.15) is 32.1 Å². The molecule has 2 rings (SSSR count). The highest BCUT2D eigenvalue weighted by Gasteiger charge is 2.22. The zero-order valence-electron chi connectivity index (χ0n) is 10.2. The summed E-state index contributed by atoms with van der Waals surface area (Å²) >= 11 is 0. The first-order valence-corrected chi connectivity index (χ1v) is 6.46. The minimum atomic E-state index is 0.187. The van der Waals surface area contributed by atoms with Gasteiger partial charge in [-0.05, 0) is 39.4 Å². The van der Waals surface area contributed by atoms with Gasteiger partial charge in [-0.2, -0.15) is 0 Å². The Morgan fingerprint density at radius 2 is 2.38 bits per heavy atom. The summed E-state index contributed by atoms with van der Waals surface area (Å²) in [6.45, 7) is 3.09. The van der Waals surface area contributed by atoms with Gasteiger partial charge in [0.1, 0.15) is 0 Å². The van der Waals surface area contributed by atoms with E-state index in [0.717, 1.165) is 19.1 Å². The lowest BCUT2D eigenvalue weighted by Gasteiger charge is -2.32. The Morgan fingerprint density at radius 3 is 3.06 bits per heavy atom. The van der Waals surface area contributed by atoms with Crippen LogP contribution >= 0.6 is 0 Å². The Bertz CT molecular complexity index is 244. The van der Waals surface area contributed by atoms with E-state index >= 15 is 0 Å². The van der Waals surface area contributed by atoms with Crippen LogP contribution in [0.25, 0.3) is 0 Å². The molecule has 16 heavy (non-hydrogen) atoms. The summed E-state index contributed by atoms with van der Waals surface area (Å²) in [7, 11) is 2.23. The van der Waals surface area contributed by atoms with Crippen molar-refractivity contribution in [2.24, 2.45) is 0 Å². The van der Waals surface area contributed by atoms with Crippen molar-refractivity contribution in [2.45, 2.75) is 44.2 Å². The van der Waals surface area contributed by atoms with Crippen molar-refractivity contribution in [2.75, 3.05) is 26.7 Å². The second-order valence-electron chi connectivity index (χ2n) is 5.08. The predicted octanol–water partition coefficient (Wildman–Crippen LogP) is 0.339. The van der Waals surface area contributed by atoms with Crippen LogP contribution in [-0.4, -0.2) is 49.6 Å². The average Bonchev–Trinajstić information content (AvgIpc) is 2.67. The molecule has 2 unspecified atom stereocenters. The summed E-state index contributed by atoms with van der Waals surface area (Å²) in [5.41, 5.74) is 0. The van der Waals surface area contributed by atoms with E-state index in [-0.39, 0.29) is 5.91 Å². The molecule has 1 amide bonds. The third-order valence-electron chi connectivity index (χ3n) is 3.81. The number of rotatable bonds is 4. The van der Waals surface area contributed by atoms with Crippen molar-refractivity contribution in [3.63, 3.8) is 0 Å². The zero-order chi connectivity index (χ0) is 11.4. The molecule has 2 heterocycles. The molecule has 0 bridgehead atoms. The summed E-state index contributed by atoms with van der Waals surface area (Å²) in [4.78, 5) is 13.5. The van der Waals surface area contributed by atoms with E-state index in [1.165, 1.54) is 32.2 Å². The number of hydrogen-bond acceptors (Lipinski definition) is 3. The van der Waals surface area contributed by atoms with Crippen molar-refractivity contribution in [1.82, 2.24) is 15.5 Å². The molecule has 4 nitrogen and oxygen atoms in total. The van der Waals surface area contributed by atoms with Gasteiger partial charge in [-0.15, -0.1) is 0 Å². The van der Waals surface area contributed by atoms with Gasteiger partial charge in [-0.1, -0.05) is 6.42 Å². The van der Waals surface area contributed by atoms with Crippen molar-refractivity contribution in [1.29, 1.82) is 0 Å². The zero-order valence-corrected chi connectivity index (χ0v) is 10.2. The number of carbonyl (C=O) groups is 1. The minimum absolute atomic E-state index is 0.187. The molecule has 0 radical (unpaired) electrons. The Hall–Kier alpha value is -0.610. The van der Waals surface area contributed by atoms with Crippen LogP contribution < -0.4 is 10.6 Å². The number of nitrogens with zero attached hydrogens (tertiary/aromatic N) is 1. The second-order valence-corrected chi connectivity index (χ2v) is 5.08. The highest BCUT2D eigenvalue weighted by molar-refractivity contribution is 5.78. The number of hydrogen-bond donors (Lipinski definition) is 2. The van der Waals surface area contributed by atoms with Gasteiger partial charge in [-0.25, -0.2) is 0 Å². The molecule has 0 aromatic carbocycles. The van der Waals surface area contributed by atoms with Crippen LogP contribution in [0, 0.1) is 0 Å². The van der Waals surface area contributed by atoms with Gasteiger partial charge < -0.3 is 15.5 Å². The van der Waals surface area contributed by atoms with Crippen LogP contribution in [0.5, 0.6) is 0 Å². The fourth-order valence-corrected chi connectivity index (χ4v) is 2.71. The van der Waals surface area contributed by atoms with Gasteiger partial charge in [0.25, 0.3) is 0 Å². The molecule has 2 fully saturated rings. The lowest BCUT2D eigenvalue weighted by Crippen LogP contribution is -2.40. The lowest BCUT2D eigenvalue weighted by atomic mass is 10.00. The molecule has 2 atom stereocenters. The van der Waals surface area contributed by atoms with Gasteiger partial charge in [0.15, 0.2) is 0 Å². The van der Waals surface area contributed by atoms with Gasteiger partial charge >= 0.3 is 0 Å². The smallest absolute Gasteiger partial charge is 0.221 e. The van der Waals surface area contributed by atoms with Crippen molar-refractivity contribution in [3.8, 4) is 0 Å². The summed E-state index contributed by atoms with van der Waals surface area (Å²) < 4.78 is 0. The first kappa shape index (κ1) is 11.9. The molecular weight excluding hydrogens is 202 g/mol. The molecule has 0 saturated carbocycles. The second kappa shape index (κ2) is 5.64. The van der Waals surface area contributed by atoms with Crippen molar-refractivity contribution < 1.29 is 4.79 Å². The average molecular weight is 225 g/mol. The third kappa shape index (κ3) is 3.19. The fraction of sp³-hybridized carbons (Fsp3) is 0.917. The van der Waals surface area contributed by atoms with Gasteiger partial charge in [-0.3, -0.25) is 4.79 Å². The maximum atomic E-state index is 11.0. The Kier molecular flexibility index (Phi) is 4.18.